The minimum atomic E-state index is 0.533. The zero-order valence-corrected chi connectivity index (χ0v) is 16.6. The van der Waals surface area contributed by atoms with Crippen molar-refractivity contribution in [2.45, 2.75) is 64.6 Å². The molecule has 0 aromatic carbocycles. The van der Waals surface area contributed by atoms with Gasteiger partial charge >= 0.3 is 0 Å². The summed E-state index contributed by atoms with van der Waals surface area (Å²) >= 11 is 1.87. The number of nitrogens with one attached hydrogen (secondary N) is 1. The molecule has 2 aromatic heterocycles. The number of hydrogen-bond donors (Lipinski definition) is 1. The van der Waals surface area contributed by atoms with Crippen LogP contribution in [0.25, 0.3) is 0 Å². The lowest BCUT2D eigenvalue weighted by molar-refractivity contribution is 0.471. The second-order valence-electron chi connectivity index (χ2n) is 7.32. The number of thiazole rings is 1. The molecule has 4 rings (SSSR count). The smallest absolute Gasteiger partial charge is 0.194 e. The highest BCUT2D eigenvalue weighted by Crippen LogP contribution is 2.27. The van der Waals surface area contributed by atoms with Crippen LogP contribution in [0.5, 0.6) is 0 Å². The summed E-state index contributed by atoms with van der Waals surface area (Å²) in [6.07, 6.45) is 7.37. The van der Waals surface area contributed by atoms with Crippen LogP contribution >= 0.6 is 11.3 Å². The molecule has 8 heteroatoms. The molecule has 1 N–H and O–H groups in total. The monoisotopic (exact) mass is 373 g/mol. The van der Waals surface area contributed by atoms with Gasteiger partial charge in [-0.3, -0.25) is 0 Å². The second-order valence-corrected chi connectivity index (χ2v) is 8.49. The number of aromatic nitrogens is 4. The topological polar surface area (TPSA) is 71.2 Å². The predicted octanol–water partition coefficient (Wildman–Crippen LogP) is 2.20. The lowest BCUT2D eigenvalue weighted by Crippen LogP contribution is -2.39. The van der Waals surface area contributed by atoms with Crippen LogP contribution in [-0.2, 0) is 33.0 Å². The molecular weight excluding hydrogens is 346 g/mol. The van der Waals surface area contributed by atoms with E-state index in [2.05, 4.69) is 27.5 Å². The predicted molar refractivity (Wildman–Crippen MR) is 103 cm³/mol. The highest BCUT2D eigenvalue weighted by molar-refractivity contribution is 7.11. The van der Waals surface area contributed by atoms with Gasteiger partial charge in [-0.15, -0.1) is 21.5 Å². The first-order chi connectivity index (χ1) is 12.6. The average molecular weight is 374 g/mol. The van der Waals surface area contributed by atoms with E-state index in [1.807, 2.05) is 29.9 Å². The van der Waals surface area contributed by atoms with Crippen molar-refractivity contribution in [2.75, 3.05) is 7.05 Å². The molecule has 0 unspecified atom stereocenters. The molecule has 2 aliphatic rings. The highest BCUT2D eigenvalue weighted by Gasteiger charge is 2.24. The summed E-state index contributed by atoms with van der Waals surface area (Å²) in [5.41, 5.74) is 1.33. The van der Waals surface area contributed by atoms with Crippen LogP contribution in [-0.4, -0.2) is 43.7 Å². The van der Waals surface area contributed by atoms with E-state index in [9.17, 15) is 0 Å². The van der Waals surface area contributed by atoms with Crippen LogP contribution in [0.3, 0.4) is 0 Å². The molecule has 0 atom stereocenters. The largest absolute Gasteiger partial charge is 0.353 e. The Hall–Kier alpha value is -1.96. The fourth-order valence-corrected chi connectivity index (χ4v) is 4.38. The molecule has 140 valence electrons. The van der Waals surface area contributed by atoms with E-state index in [1.54, 1.807) is 0 Å². The number of hydrogen-bond acceptors (Lipinski definition) is 5. The van der Waals surface area contributed by atoms with Crippen LogP contribution in [0.2, 0.25) is 0 Å². The molecule has 0 saturated heterocycles. The van der Waals surface area contributed by atoms with Crippen molar-refractivity contribution in [1.82, 2.24) is 30.0 Å². The van der Waals surface area contributed by atoms with E-state index in [0.717, 1.165) is 30.6 Å². The van der Waals surface area contributed by atoms with Gasteiger partial charge in [0, 0.05) is 25.0 Å². The highest BCUT2D eigenvalue weighted by atomic mass is 32.1. The van der Waals surface area contributed by atoms with E-state index < -0.39 is 0 Å². The van der Waals surface area contributed by atoms with Gasteiger partial charge in [0.15, 0.2) is 11.8 Å². The van der Waals surface area contributed by atoms with Crippen LogP contribution < -0.4 is 5.32 Å². The standard InChI is InChI=1S/C18H27N7S/c1-12-22-23-16(25(12)3)10-19-18(20-13-8-9-13)24(2)11-17-21-14-6-4-5-7-15(14)26-17/h13H,4-11H2,1-3H3,(H,19,20). The van der Waals surface area contributed by atoms with Crippen LogP contribution in [0.1, 0.15) is 52.9 Å². The first kappa shape index (κ1) is 17.5. The van der Waals surface area contributed by atoms with E-state index >= 15 is 0 Å². The molecule has 26 heavy (non-hydrogen) atoms. The van der Waals surface area contributed by atoms with Gasteiger partial charge in [-0.2, -0.15) is 0 Å². The average Bonchev–Trinajstić information content (AvgIpc) is 3.27. The SMILES string of the molecule is Cc1nnc(CN=C(NC2CC2)N(C)Cc2nc3c(s2)CCCC3)n1C. The van der Waals surface area contributed by atoms with Crippen molar-refractivity contribution in [3.63, 3.8) is 0 Å². The van der Waals surface area contributed by atoms with Crippen LogP contribution in [0, 0.1) is 6.92 Å². The Balaban J connectivity index is 1.47. The Morgan fingerprint density at radius 2 is 2.12 bits per heavy atom. The van der Waals surface area contributed by atoms with E-state index in [0.29, 0.717) is 12.6 Å². The van der Waals surface area contributed by atoms with Crippen molar-refractivity contribution < 1.29 is 0 Å². The van der Waals surface area contributed by atoms with Crippen molar-refractivity contribution in [2.24, 2.45) is 12.0 Å². The van der Waals surface area contributed by atoms with Crippen molar-refractivity contribution in [1.29, 1.82) is 0 Å². The Morgan fingerprint density at radius 1 is 1.31 bits per heavy atom. The molecule has 7 nitrogen and oxygen atoms in total. The summed E-state index contributed by atoms with van der Waals surface area (Å²) in [5, 5.41) is 13.1. The van der Waals surface area contributed by atoms with Gasteiger partial charge in [0.2, 0.25) is 0 Å². The molecule has 2 aliphatic carbocycles. The third-order valence-electron chi connectivity index (χ3n) is 5.09. The summed E-state index contributed by atoms with van der Waals surface area (Å²) in [5.74, 6) is 2.73. The third-order valence-corrected chi connectivity index (χ3v) is 6.23. The van der Waals surface area contributed by atoms with Gasteiger partial charge in [0.25, 0.3) is 0 Å². The summed E-state index contributed by atoms with van der Waals surface area (Å²) in [6.45, 7) is 3.29. The van der Waals surface area contributed by atoms with E-state index in [4.69, 9.17) is 9.98 Å². The minimum absolute atomic E-state index is 0.533. The molecule has 2 aromatic rings. The first-order valence-corrected chi connectivity index (χ1v) is 10.3. The lowest BCUT2D eigenvalue weighted by Gasteiger charge is -2.21. The molecule has 1 saturated carbocycles. The number of guanidine groups is 1. The summed E-state index contributed by atoms with van der Waals surface area (Å²) in [6, 6.07) is 0.557. The fraction of sp³-hybridized carbons (Fsp3) is 0.667. The zero-order valence-electron chi connectivity index (χ0n) is 15.8. The van der Waals surface area contributed by atoms with Gasteiger partial charge in [-0.25, -0.2) is 9.98 Å². The maximum Gasteiger partial charge on any atom is 0.194 e. The van der Waals surface area contributed by atoms with Gasteiger partial charge in [-0.05, 0) is 45.4 Å². The molecule has 0 spiro atoms. The zero-order chi connectivity index (χ0) is 18.1. The molecule has 0 bridgehead atoms. The van der Waals surface area contributed by atoms with Crippen LogP contribution in [0.15, 0.2) is 4.99 Å². The third kappa shape index (κ3) is 3.90. The Labute approximate surface area is 158 Å². The van der Waals surface area contributed by atoms with Crippen molar-refractivity contribution in [3.8, 4) is 0 Å². The normalized spacial score (nSPS) is 17.3. The number of nitrogens with zero attached hydrogens (tertiary/aromatic N) is 6. The Bertz CT molecular complexity index is 779. The van der Waals surface area contributed by atoms with Crippen LogP contribution in [0.4, 0.5) is 0 Å². The lowest BCUT2D eigenvalue weighted by atomic mass is 10.0. The molecule has 0 amide bonds. The number of rotatable bonds is 5. The quantitative estimate of drug-likeness (QED) is 0.643. The molecular formula is C18H27N7S. The Kier molecular flexibility index (Phi) is 4.93. The van der Waals surface area contributed by atoms with Crippen molar-refractivity contribution in [3.05, 3.63) is 27.2 Å². The van der Waals surface area contributed by atoms with Gasteiger partial charge in [0.1, 0.15) is 17.4 Å². The molecule has 0 aliphatic heterocycles. The Morgan fingerprint density at radius 3 is 2.81 bits per heavy atom. The molecule has 2 heterocycles. The van der Waals surface area contributed by atoms with Crippen molar-refractivity contribution >= 4 is 17.3 Å². The maximum absolute atomic E-state index is 4.87. The second kappa shape index (κ2) is 7.34. The molecule has 0 radical (unpaired) electrons. The fourth-order valence-electron chi connectivity index (χ4n) is 3.17. The van der Waals surface area contributed by atoms with E-state index in [-0.39, 0.29) is 0 Å². The summed E-state index contributed by atoms with van der Waals surface area (Å²) < 4.78 is 1.99. The first-order valence-electron chi connectivity index (χ1n) is 9.44. The van der Waals surface area contributed by atoms with Gasteiger partial charge < -0.3 is 14.8 Å². The number of aryl methyl sites for hydroxylation is 3. The minimum Gasteiger partial charge on any atom is -0.353 e. The van der Waals surface area contributed by atoms with E-state index in [1.165, 1.54) is 47.7 Å². The van der Waals surface area contributed by atoms with Gasteiger partial charge in [0.05, 0.1) is 12.2 Å². The maximum atomic E-state index is 4.87. The number of fused-ring (bicyclic) bond motifs is 1. The summed E-state index contributed by atoms with van der Waals surface area (Å²) in [4.78, 5) is 13.4. The van der Waals surface area contributed by atoms with Gasteiger partial charge in [-0.1, -0.05) is 0 Å². The molecule has 1 fully saturated rings. The summed E-state index contributed by atoms with van der Waals surface area (Å²) in [7, 11) is 4.08. The number of aliphatic imine (C=N–C) groups is 1.